The Balaban J connectivity index is 1.82. The van der Waals surface area contributed by atoms with Crippen LogP contribution < -0.4 is 10.1 Å². The second kappa shape index (κ2) is 7.31. The summed E-state index contributed by atoms with van der Waals surface area (Å²) in [6.45, 7) is 7.56. The van der Waals surface area contributed by atoms with E-state index in [9.17, 15) is 18.0 Å². The first kappa shape index (κ1) is 21.6. The molecule has 0 spiro atoms. The first-order valence-corrected chi connectivity index (χ1v) is 9.39. The highest BCUT2D eigenvalue weighted by Crippen LogP contribution is 2.55. The molecule has 5 nitrogen and oxygen atoms in total. The molecule has 1 saturated carbocycles. The predicted molar refractivity (Wildman–Crippen MR) is 104 cm³/mol. The fourth-order valence-corrected chi connectivity index (χ4v) is 4.57. The van der Waals surface area contributed by atoms with Gasteiger partial charge in [0, 0.05) is 23.1 Å². The summed E-state index contributed by atoms with van der Waals surface area (Å²) in [6.07, 6.45) is -3.59. The second-order valence-corrected chi connectivity index (χ2v) is 8.58. The van der Waals surface area contributed by atoms with Crippen molar-refractivity contribution < 1.29 is 22.7 Å². The number of aromatic nitrogens is 1. The van der Waals surface area contributed by atoms with E-state index in [1.54, 1.807) is 24.3 Å². The summed E-state index contributed by atoms with van der Waals surface area (Å²) in [4.78, 5) is 16.6. The van der Waals surface area contributed by atoms with Gasteiger partial charge in [-0.15, -0.1) is 0 Å². The first-order chi connectivity index (χ1) is 13.9. The molecule has 1 aliphatic carbocycles. The molecule has 1 fully saturated rings. The number of amides is 1. The minimum Gasteiger partial charge on any atom is -0.489 e. The third-order valence-electron chi connectivity index (χ3n) is 5.68. The topological polar surface area (TPSA) is 75.0 Å². The number of alkyl halides is 3. The van der Waals surface area contributed by atoms with Gasteiger partial charge < -0.3 is 10.1 Å². The highest BCUT2D eigenvalue weighted by molar-refractivity contribution is 5.92. The maximum absolute atomic E-state index is 13.3. The Morgan fingerprint density at radius 1 is 1.17 bits per heavy atom. The zero-order valence-electron chi connectivity index (χ0n) is 17.0. The van der Waals surface area contributed by atoms with E-state index in [1.165, 1.54) is 12.3 Å². The van der Waals surface area contributed by atoms with Crippen molar-refractivity contribution in [3.63, 3.8) is 0 Å². The van der Waals surface area contributed by atoms with Gasteiger partial charge in [-0.2, -0.15) is 18.4 Å². The molecular weight excluding hydrogens is 395 g/mol. The van der Waals surface area contributed by atoms with Crippen LogP contribution in [0.2, 0.25) is 0 Å². The molecule has 1 aliphatic rings. The van der Waals surface area contributed by atoms with Gasteiger partial charge in [-0.25, -0.2) is 0 Å². The van der Waals surface area contributed by atoms with Crippen LogP contribution in [-0.2, 0) is 6.18 Å². The number of pyridine rings is 1. The molecule has 0 atom stereocenters. The number of nitrogens with zero attached hydrogens (tertiary/aromatic N) is 2. The summed E-state index contributed by atoms with van der Waals surface area (Å²) in [5.41, 5.74) is -2.31. The molecule has 1 heterocycles. The largest absolute Gasteiger partial charge is 0.489 e. The Labute approximate surface area is 172 Å². The van der Waals surface area contributed by atoms with Gasteiger partial charge in [0.1, 0.15) is 17.5 Å². The Kier molecular flexibility index (Phi) is 5.27. The summed E-state index contributed by atoms with van der Waals surface area (Å²) in [5.74, 6) is -0.292. The van der Waals surface area contributed by atoms with Crippen molar-refractivity contribution in [2.75, 3.05) is 0 Å². The number of carbonyl (C=O) groups excluding carboxylic acids is 1. The maximum Gasteiger partial charge on any atom is 0.417 e. The second-order valence-electron chi connectivity index (χ2n) is 8.58. The van der Waals surface area contributed by atoms with Gasteiger partial charge in [0.25, 0.3) is 5.91 Å². The van der Waals surface area contributed by atoms with E-state index in [4.69, 9.17) is 10.00 Å². The molecule has 2 aromatic rings. The van der Waals surface area contributed by atoms with Crippen LogP contribution >= 0.6 is 0 Å². The normalized spacial score (nSPS) is 21.8. The third-order valence-corrected chi connectivity index (χ3v) is 5.68. The number of hydrogen-bond donors (Lipinski definition) is 1. The number of benzene rings is 1. The van der Waals surface area contributed by atoms with Crippen LogP contribution in [0.15, 0.2) is 42.6 Å². The fraction of sp³-hybridized carbons (Fsp3) is 0.409. The van der Waals surface area contributed by atoms with E-state index >= 15 is 0 Å². The Bertz CT molecular complexity index is 979. The molecule has 8 heteroatoms. The number of rotatable bonds is 4. The number of carbonyl (C=O) groups is 1. The van der Waals surface area contributed by atoms with Crippen molar-refractivity contribution >= 4 is 5.91 Å². The summed E-state index contributed by atoms with van der Waals surface area (Å²) >= 11 is 0. The van der Waals surface area contributed by atoms with Gasteiger partial charge in [0.2, 0.25) is 0 Å². The lowest BCUT2D eigenvalue weighted by molar-refractivity contribution is -0.164. The van der Waals surface area contributed by atoms with Gasteiger partial charge in [0.15, 0.2) is 0 Å². The van der Waals surface area contributed by atoms with Crippen LogP contribution in [0.1, 0.15) is 49.3 Å². The summed E-state index contributed by atoms with van der Waals surface area (Å²) in [6, 6.07) is 9.63. The molecule has 0 aliphatic heterocycles. The Morgan fingerprint density at radius 2 is 1.83 bits per heavy atom. The lowest BCUT2D eigenvalue weighted by atomic mass is 9.49. The predicted octanol–water partition coefficient (Wildman–Crippen LogP) is 4.58. The molecular formula is C22H22F3N3O2. The number of hydrogen-bond acceptors (Lipinski definition) is 4. The number of nitriles is 1. The quantitative estimate of drug-likeness (QED) is 0.790. The van der Waals surface area contributed by atoms with E-state index in [2.05, 4.69) is 10.3 Å². The van der Waals surface area contributed by atoms with Crippen LogP contribution in [0.3, 0.4) is 0 Å². The minimum atomic E-state index is -4.66. The average molecular weight is 417 g/mol. The highest BCUT2D eigenvalue weighted by atomic mass is 19.4. The van der Waals surface area contributed by atoms with E-state index < -0.39 is 34.2 Å². The number of ether oxygens (including phenoxy) is 1. The smallest absolute Gasteiger partial charge is 0.417 e. The van der Waals surface area contributed by atoms with Gasteiger partial charge in [-0.05, 0) is 30.3 Å². The Hall–Kier alpha value is -3.08. The molecule has 1 aromatic carbocycles. The SMILES string of the molecule is CC1(C)[C@H](NC(=O)c2ccccn2)C(C)(C)[C@H]1Oc1ccc(C#N)c(C(F)(F)F)c1. The van der Waals surface area contributed by atoms with Crippen molar-refractivity contribution in [3.05, 3.63) is 59.4 Å². The zero-order valence-corrected chi connectivity index (χ0v) is 17.0. The maximum atomic E-state index is 13.3. The van der Waals surface area contributed by atoms with Crippen LogP contribution in [0, 0.1) is 22.2 Å². The van der Waals surface area contributed by atoms with Crippen molar-refractivity contribution in [1.29, 1.82) is 5.26 Å². The van der Waals surface area contributed by atoms with Crippen molar-refractivity contribution in [2.24, 2.45) is 10.8 Å². The van der Waals surface area contributed by atoms with Crippen molar-refractivity contribution in [3.8, 4) is 11.8 Å². The molecule has 0 radical (unpaired) electrons. The van der Waals surface area contributed by atoms with E-state index in [0.29, 0.717) is 0 Å². The molecule has 0 bridgehead atoms. The molecule has 3 rings (SSSR count). The lowest BCUT2D eigenvalue weighted by Crippen LogP contribution is -2.74. The third kappa shape index (κ3) is 3.72. The molecule has 1 amide bonds. The first-order valence-electron chi connectivity index (χ1n) is 9.39. The standard InChI is InChI=1S/C22H22F3N3O2/c1-20(2)18(28-17(29)16-7-5-6-10-27-16)21(3,4)19(20)30-14-9-8-13(12-26)15(11-14)22(23,24)25/h5-11,18-19H,1-4H3,(H,28,29)/t18-,19-. The van der Waals surface area contributed by atoms with E-state index in [1.807, 2.05) is 27.7 Å². The molecule has 30 heavy (non-hydrogen) atoms. The van der Waals surface area contributed by atoms with Crippen LogP contribution in [0.5, 0.6) is 5.75 Å². The van der Waals surface area contributed by atoms with Crippen LogP contribution in [-0.4, -0.2) is 23.0 Å². The van der Waals surface area contributed by atoms with Crippen molar-refractivity contribution in [1.82, 2.24) is 10.3 Å². The number of nitrogens with one attached hydrogen (secondary N) is 1. The lowest BCUT2D eigenvalue weighted by Gasteiger charge is -2.63. The Morgan fingerprint density at radius 3 is 2.37 bits per heavy atom. The number of halogens is 3. The van der Waals surface area contributed by atoms with Gasteiger partial charge in [-0.1, -0.05) is 33.8 Å². The monoisotopic (exact) mass is 417 g/mol. The fourth-order valence-electron chi connectivity index (χ4n) is 4.57. The summed E-state index contributed by atoms with van der Waals surface area (Å²) in [5, 5.41) is 11.9. The molecule has 1 aromatic heterocycles. The minimum absolute atomic E-state index is 0.0296. The summed E-state index contributed by atoms with van der Waals surface area (Å²) < 4.78 is 45.7. The van der Waals surface area contributed by atoms with E-state index in [-0.39, 0.29) is 23.4 Å². The molecule has 0 saturated heterocycles. The van der Waals surface area contributed by atoms with Crippen molar-refractivity contribution in [2.45, 2.75) is 46.0 Å². The molecule has 158 valence electrons. The van der Waals surface area contributed by atoms with Gasteiger partial charge in [0.05, 0.1) is 17.2 Å². The van der Waals surface area contributed by atoms with Gasteiger partial charge in [-0.3, -0.25) is 9.78 Å². The summed E-state index contributed by atoms with van der Waals surface area (Å²) in [7, 11) is 0. The average Bonchev–Trinajstić information content (AvgIpc) is 2.69. The van der Waals surface area contributed by atoms with Gasteiger partial charge >= 0.3 is 6.18 Å². The molecule has 0 unspecified atom stereocenters. The highest BCUT2D eigenvalue weighted by Gasteiger charge is 2.64. The molecule has 1 N–H and O–H groups in total. The van der Waals surface area contributed by atoms with Crippen LogP contribution in [0.4, 0.5) is 13.2 Å². The van der Waals surface area contributed by atoms with E-state index in [0.717, 1.165) is 12.1 Å². The van der Waals surface area contributed by atoms with Crippen LogP contribution in [0.25, 0.3) is 0 Å². The zero-order chi connectivity index (χ0) is 22.3.